The summed E-state index contributed by atoms with van der Waals surface area (Å²) < 4.78 is 1.75. The number of hydrogen-bond acceptors (Lipinski definition) is 4. The van der Waals surface area contributed by atoms with Crippen LogP contribution < -0.4 is 10.6 Å². The van der Waals surface area contributed by atoms with E-state index in [1.54, 1.807) is 23.7 Å². The van der Waals surface area contributed by atoms with Gasteiger partial charge in [-0.3, -0.25) is 9.59 Å². The number of aryl methyl sites for hydroxylation is 1. The zero-order valence-corrected chi connectivity index (χ0v) is 16.2. The summed E-state index contributed by atoms with van der Waals surface area (Å²) in [5, 5.41) is 11.4. The molecular weight excluding hydrogens is 372 g/mol. The van der Waals surface area contributed by atoms with Crippen molar-refractivity contribution >= 4 is 45.0 Å². The van der Waals surface area contributed by atoms with Gasteiger partial charge in [0, 0.05) is 11.9 Å². The quantitative estimate of drug-likeness (QED) is 0.701. The van der Waals surface area contributed by atoms with Crippen molar-refractivity contribution in [3.8, 4) is 5.69 Å². The van der Waals surface area contributed by atoms with E-state index in [-0.39, 0.29) is 11.8 Å². The van der Waals surface area contributed by atoms with Gasteiger partial charge in [-0.15, -0.1) is 11.3 Å². The van der Waals surface area contributed by atoms with E-state index >= 15 is 0 Å². The number of thiophene rings is 1. The van der Waals surface area contributed by atoms with Crippen LogP contribution in [-0.2, 0) is 4.79 Å². The van der Waals surface area contributed by atoms with Gasteiger partial charge in [-0.05, 0) is 39.0 Å². The van der Waals surface area contributed by atoms with E-state index in [1.165, 1.54) is 11.3 Å². The lowest BCUT2D eigenvalue weighted by Crippen LogP contribution is -2.44. The molecule has 3 rings (SSSR count). The minimum atomic E-state index is -0.603. The lowest BCUT2D eigenvalue weighted by atomic mass is 10.2. The number of halogens is 1. The number of amides is 2. The van der Waals surface area contributed by atoms with Crippen LogP contribution in [0.2, 0.25) is 5.02 Å². The SMILES string of the molecule is CCNC(=O)[C@@H](C)NC(=O)c1cc2c(C)nn(-c3ccccc3Cl)c2s1. The largest absolute Gasteiger partial charge is 0.355 e. The number of benzene rings is 1. The summed E-state index contributed by atoms with van der Waals surface area (Å²) in [6, 6.07) is 8.62. The lowest BCUT2D eigenvalue weighted by molar-refractivity contribution is -0.122. The van der Waals surface area contributed by atoms with Crippen LogP contribution in [0.3, 0.4) is 0 Å². The summed E-state index contributed by atoms with van der Waals surface area (Å²) in [6.07, 6.45) is 0. The molecule has 0 aliphatic heterocycles. The molecule has 0 saturated heterocycles. The first-order chi connectivity index (χ1) is 12.4. The number of carbonyl (C=O) groups is 2. The molecule has 0 bridgehead atoms. The highest BCUT2D eigenvalue weighted by Crippen LogP contribution is 2.32. The molecule has 2 N–H and O–H groups in total. The van der Waals surface area contributed by atoms with Gasteiger partial charge in [0.2, 0.25) is 5.91 Å². The Balaban J connectivity index is 1.93. The van der Waals surface area contributed by atoms with Crippen LogP contribution in [0.15, 0.2) is 30.3 Å². The lowest BCUT2D eigenvalue weighted by Gasteiger charge is -2.12. The number of hydrogen-bond donors (Lipinski definition) is 2. The van der Waals surface area contributed by atoms with Crippen LogP contribution in [0, 0.1) is 6.92 Å². The second-order valence-electron chi connectivity index (χ2n) is 5.87. The zero-order valence-electron chi connectivity index (χ0n) is 14.7. The Bertz CT molecular complexity index is 979. The van der Waals surface area contributed by atoms with Crippen molar-refractivity contribution in [3.63, 3.8) is 0 Å². The number of likely N-dealkylation sites (N-methyl/N-ethyl adjacent to an activating group) is 1. The summed E-state index contributed by atoms with van der Waals surface area (Å²) in [5.74, 6) is -0.490. The Morgan fingerprint density at radius 2 is 2.08 bits per heavy atom. The number of carbonyl (C=O) groups excluding carboxylic acids is 2. The molecule has 2 amide bonds. The van der Waals surface area contributed by atoms with Gasteiger partial charge in [0.25, 0.3) is 5.91 Å². The molecule has 0 radical (unpaired) electrons. The molecule has 6 nitrogen and oxygen atoms in total. The Morgan fingerprint density at radius 3 is 2.77 bits per heavy atom. The third kappa shape index (κ3) is 3.45. The maximum atomic E-state index is 12.5. The zero-order chi connectivity index (χ0) is 18.8. The standard InChI is InChI=1S/C18H19ClN4O2S/c1-4-20-16(24)11(3)21-17(25)15-9-12-10(2)22-23(18(12)26-15)14-8-6-5-7-13(14)19/h5-9,11H,4H2,1-3H3,(H,20,24)(H,21,25)/t11-/m1/s1. The minimum Gasteiger partial charge on any atom is -0.355 e. The molecule has 0 saturated carbocycles. The molecule has 2 heterocycles. The first-order valence-electron chi connectivity index (χ1n) is 8.25. The smallest absolute Gasteiger partial charge is 0.262 e. The van der Waals surface area contributed by atoms with Crippen LogP contribution in [0.25, 0.3) is 15.9 Å². The second kappa shape index (κ2) is 7.47. The van der Waals surface area contributed by atoms with E-state index in [4.69, 9.17) is 11.6 Å². The Kier molecular flexibility index (Phi) is 5.29. The van der Waals surface area contributed by atoms with E-state index in [9.17, 15) is 9.59 Å². The second-order valence-corrected chi connectivity index (χ2v) is 7.31. The van der Waals surface area contributed by atoms with Crippen molar-refractivity contribution in [2.24, 2.45) is 0 Å². The number of nitrogens with one attached hydrogen (secondary N) is 2. The van der Waals surface area contributed by atoms with Gasteiger partial charge in [0.1, 0.15) is 10.9 Å². The molecule has 0 aliphatic carbocycles. The summed E-state index contributed by atoms with van der Waals surface area (Å²) in [4.78, 5) is 25.7. The summed E-state index contributed by atoms with van der Waals surface area (Å²) >= 11 is 7.61. The minimum absolute atomic E-state index is 0.208. The van der Waals surface area contributed by atoms with Crippen molar-refractivity contribution in [2.75, 3.05) is 6.54 Å². The van der Waals surface area contributed by atoms with E-state index in [2.05, 4.69) is 15.7 Å². The molecule has 2 aromatic heterocycles. The molecule has 1 atom stereocenters. The van der Waals surface area contributed by atoms with Gasteiger partial charge in [-0.1, -0.05) is 23.7 Å². The number of fused-ring (bicyclic) bond motifs is 1. The maximum Gasteiger partial charge on any atom is 0.262 e. The van der Waals surface area contributed by atoms with Gasteiger partial charge in [0.05, 0.1) is 21.3 Å². The fraction of sp³-hybridized carbons (Fsp3) is 0.278. The molecule has 136 valence electrons. The van der Waals surface area contributed by atoms with Gasteiger partial charge in [0.15, 0.2) is 0 Å². The normalized spacial score (nSPS) is 12.2. The average molecular weight is 391 g/mol. The van der Waals surface area contributed by atoms with Gasteiger partial charge < -0.3 is 10.6 Å². The molecule has 1 aromatic carbocycles. The Morgan fingerprint density at radius 1 is 1.35 bits per heavy atom. The third-order valence-corrected chi connectivity index (χ3v) is 5.37. The van der Waals surface area contributed by atoms with E-state index in [0.717, 1.165) is 21.6 Å². The first kappa shape index (κ1) is 18.4. The van der Waals surface area contributed by atoms with Crippen LogP contribution in [0.1, 0.15) is 29.2 Å². The van der Waals surface area contributed by atoms with E-state index in [1.807, 2.05) is 32.0 Å². The van der Waals surface area contributed by atoms with Gasteiger partial charge in [-0.25, -0.2) is 4.68 Å². The number of para-hydroxylation sites is 1. The molecule has 0 spiro atoms. The van der Waals surface area contributed by atoms with Crippen LogP contribution in [0.4, 0.5) is 0 Å². The molecule has 3 aromatic rings. The summed E-state index contributed by atoms with van der Waals surface area (Å²) in [7, 11) is 0. The Labute approximate surface area is 160 Å². The molecule has 0 aliphatic rings. The molecule has 8 heteroatoms. The van der Waals surface area contributed by atoms with Gasteiger partial charge >= 0.3 is 0 Å². The third-order valence-electron chi connectivity index (χ3n) is 3.94. The van der Waals surface area contributed by atoms with Crippen LogP contribution >= 0.6 is 22.9 Å². The predicted molar refractivity (Wildman–Crippen MR) is 104 cm³/mol. The fourth-order valence-corrected chi connectivity index (χ4v) is 3.90. The molecule has 0 fully saturated rings. The van der Waals surface area contributed by atoms with Crippen LogP contribution in [0.5, 0.6) is 0 Å². The van der Waals surface area contributed by atoms with E-state index in [0.29, 0.717) is 16.4 Å². The fourth-order valence-electron chi connectivity index (χ4n) is 2.61. The van der Waals surface area contributed by atoms with Crippen molar-refractivity contribution in [3.05, 3.63) is 45.9 Å². The molecule has 26 heavy (non-hydrogen) atoms. The molecular formula is C18H19ClN4O2S. The Hall–Kier alpha value is -2.38. The van der Waals surface area contributed by atoms with Gasteiger partial charge in [-0.2, -0.15) is 5.10 Å². The highest BCUT2D eigenvalue weighted by atomic mass is 35.5. The average Bonchev–Trinajstić information content (AvgIpc) is 3.16. The van der Waals surface area contributed by atoms with E-state index < -0.39 is 6.04 Å². The molecule has 0 unspecified atom stereocenters. The number of rotatable bonds is 5. The highest BCUT2D eigenvalue weighted by molar-refractivity contribution is 7.20. The topological polar surface area (TPSA) is 76.0 Å². The summed E-state index contributed by atoms with van der Waals surface area (Å²) in [5.41, 5.74) is 1.57. The number of nitrogens with zero attached hydrogens (tertiary/aromatic N) is 2. The van der Waals surface area contributed by atoms with Crippen LogP contribution in [-0.4, -0.2) is 34.2 Å². The van der Waals surface area contributed by atoms with Crippen molar-refractivity contribution in [1.29, 1.82) is 0 Å². The number of aromatic nitrogens is 2. The maximum absolute atomic E-state index is 12.5. The first-order valence-corrected chi connectivity index (χ1v) is 9.44. The van der Waals surface area contributed by atoms with Crippen molar-refractivity contribution in [2.45, 2.75) is 26.8 Å². The highest BCUT2D eigenvalue weighted by Gasteiger charge is 2.21. The predicted octanol–water partition coefficient (Wildman–Crippen LogP) is 3.30. The summed E-state index contributed by atoms with van der Waals surface area (Å²) in [6.45, 7) is 5.91. The van der Waals surface area contributed by atoms with Crippen molar-refractivity contribution in [1.82, 2.24) is 20.4 Å². The van der Waals surface area contributed by atoms with Crippen molar-refractivity contribution < 1.29 is 9.59 Å². The monoisotopic (exact) mass is 390 g/mol.